The van der Waals surface area contributed by atoms with Crippen molar-refractivity contribution >= 4 is 29.2 Å². The van der Waals surface area contributed by atoms with E-state index in [1.54, 1.807) is 41.3 Å². The van der Waals surface area contributed by atoms with Gasteiger partial charge in [-0.2, -0.15) is 5.10 Å². The van der Waals surface area contributed by atoms with Crippen LogP contribution in [0, 0.1) is 0 Å². The molecule has 1 N–H and O–H groups in total. The number of rotatable bonds is 4. The molecule has 138 valence electrons. The van der Waals surface area contributed by atoms with E-state index in [1.807, 2.05) is 36.4 Å². The molecule has 0 bridgehead atoms. The van der Waals surface area contributed by atoms with E-state index in [0.29, 0.717) is 21.4 Å². The number of carbonyl (C=O) groups is 1. The fourth-order valence-corrected chi connectivity index (χ4v) is 3.43. The van der Waals surface area contributed by atoms with E-state index in [-0.39, 0.29) is 5.69 Å². The maximum absolute atomic E-state index is 11.4. The van der Waals surface area contributed by atoms with Crippen molar-refractivity contribution in [3.63, 3.8) is 0 Å². The van der Waals surface area contributed by atoms with Crippen LogP contribution >= 0.6 is 23.2 Å². The van der Waals surface area contributed by atoms with Crippen molar-refractivity contribution in [2.75, 3.05) is 0 Å². The lowest BCUT2D eigenvalue weighted by Gasteiger charge is -2.09. The first-order valence-corrected chi connectivity index (χ1v) is 9.08. The number of pyridine rings is 1. The van der Waals surface area contributed by atoms with E-state index in [1.165, 1.54) is 0 Å². The van der Waals surface area contributed by atoms with Gasteiger partial charge in [0.15, 0.2) is 5.69 Å². The van der Waals surface area contributed by atoms with Crippen LogP contribution in [0.1, 0.15) is 10.5 Å². The van der Waals surface area contributed by atoms with Crippen molar-refractivity contribution < 1.29 is 9.90 Å². The molecule has 0 aliphatic rings. The van der Waals surface area contributed by atoms with E-state index in [0.717, 1.165) is 16.7 Å². The first-order valence-electron chi connectivity index (χ1n) is 8.32. The first kappa shape index (κ1) is 18.2. The molecule has 0 fully saturated rings. The Morgan fingerprint density at radius 1 is 0.964 bits per heavy atom. The predicted molar refractivity (Wildman–Crippen MR) is 109 cm³/mol. The molecular weight excluding hydrogens is 397 g/mol. The van der Waals surface area contributed by atoms with Gasteiger partial charge in [-0.05, 0) is 35.9 Å². The molecule has 0 aliphatic heterocycles. The van der Waals surface area contributed by atoms with Gasteiger partial charge in [0, 0.05) is 27.4 Å². The molecule has 28 heavy (non-hydrogen) atoms. The Morgan fingerprint density at radius 3 is 2.36 bits per heavy atom. The van der Waals surface area contributed by atoms with Gasteiger partial charge in [-0.15, -0.1) is 0 Å². The highest BCUT2D eigenvalue weighted by Gasteiger charge is 2.16. The molecule has 2 aromatic carbocycles. The Labute approximate surface area is 170 Å². The largest absolute Gasteiger partial charge is 0.476 e. The Hall–Kier alpha value is -3.15. The lowest BCUT2D eigenvalue weighted by atomic mass is 10.0. The van der Waals surface area contributed by atoms with Crippen LogP contribution in [0.5, 0.6) is 0 Å². The Kier molecular flexibility index (Phi) is 4.86. The predicted octanol–water partition coefficient (Wildman–Crippen LogP) is 5.61. The summed E-state index contributed by atoms with van der Waals surface area (Å²) < 4.78 is 1.57. The molecule has 0 radical (unpaired) electrons. The van der Waals surface area contributed by atoms with Crippen molar-refractivity contribution in [1.29, 1.82) is 0 Å². The molecule has 0 spiro atoms. The molecule has 0 saturated carbocycles. The van der Waals surface area contributed by atoms with Gasteiger partial charge in [0.2, 0.25) is 0 Å². The zero-order chi connectivity index (χ0) is 19.7. The molecule has 0 saturated heterocycles. The van der Waals surface area contributed by atoms with Crippen LogP contribution in [0.3, 0.4) is 0 Å². The molecule has 4 aromatic rings. The van der Waals surface area contributed by atoms with E-state index < -0.39 is 5.97 Å². The fraction of sp³-hybridized carbons (Fsp3) is 0. The van der Waals surface area contributed by atoms with Crippen LogP contribution in [-0.2, 0) is 0 Å². The number of carboxylic acids is 1. The number of benzene rings is 2. The molecule has 0 unspecified atom stereocenters. The third-order valence-electron chi connectivity index (χ3n) is 4.24. The van der Waals surface area contributed by atoms with Gasteiger partial charge in [0.25, 0.3) is 0 Å². The van der Waals surface area contributed by atoms with Gasteiger partial charge in [0.05, 0.1) is 17.6 Å². The number of carboxylic acid groups (broad SMARTS) is 1. The lowest BCUT2D eigenvalue weighted by molar-refractivity contribution is 0.0690. The highest BCUT2D eigenvalue weighted by Crippen LogP contribution is 2.32. The van der Waals surface area contributed by atoms with E-state index in [4.69, 9.17) is 23.2 Å². The Balaban J connectivity index is 1.78. The maximum Gasteiger partial charge on any atom is 0.356 e. The van der Waals surface area contributed by atoms with Gasteiger partial charge in [0.1, 0.15) is 0 Å². The van der Waals surface area contributed by atoms with Crippen LogP contribution in [0.4, 0.5) is 0 Å². The van der Waals surface area contributed by atoms with Crippen LogP contribution < -0.4 is 0 Å². The fourth-order valence-electron chi connectivity index (χ4n) is 2.91. The molecular formula is C21H13Cl2N3O2. The second-order valence-corrected chi connectivity index (χ2v) is 6.89. The number of hydrogen-bond acceptors (Lipinski definition) is 3. The molecule has 7 heteroatoms. The van der Waals surface area contributed by atoms with Gasteiger partial charge in [-0.1, -0.05) is 53.5 Å². The molecule has 4 rings (SSSR count). The van der Waals surface area contributed by atoms with Gasteiger partial charge in [-0.25, -0.2) is 9.48 Å². The molecule has 0 aliphatic carbocycles. The van der Waals surface area contributed by atoms with Gasteiger partial charge in [-0.3, -0.25) is 4.98 Å². The third-order valence-corrected chi connectivity index (χ3v) is 4.79. The van der Waals surface area contributed by atoms with Crippen LogP contribution in [0.2, 0.25) is 10.0 Å². The standard InChI is InChI=1S/C21H13Cl2N3O2/c22-15-7-8-17(18(23)10-15)13-3-5-14(6-4-13)20-11-19(21(27)28)25-26(20)16-2-1-9-24-12-16/h1-12H,(H,27,28). The Morgan fingerprint density at radius 2 is 1.71 bits per heavy atom. The number of hydrogen-bond donors (Lipinski definition) is 1. The van der Waals surface area contributed by atoms with Crippen LogP contribution in [0.25, 0.3) is 28.1 Å². The summed E-state index contributed by atoms with van der Waals surface area (Å²) in [4.78, 5) is 15.5. The SMILES string of the molecule is O=C(O)c1cc(-c2ccc(-c3ccc(Cl)cc3Cl)cc2)n(-c2cccnc2)n1. The average molecular weight is 410 g/mol. The second-order valence-electron chi connectivity index (χ2n) is 6.04. The van der Waals surface area contributed by atoms with Gasteiger partial charge >= 0.3 is 5.97 Å². The molecule has 2 heterocycles. The summed E-state index contributed by atoms with van der Waals surface area (Å²) in [5.74, 6) is -1.09. The van der Waals surface area contributed by atoms with Crippen LogP contribution in [-0.4, -0.2) is 25.8 Å². The monoisotopic (exact) mass is 409 g/mol. The minimum atomic E-state index is -1.09. The van der Waals surface area contributed by atoms with Crippen molar-refractivity contribution in [2.24, 2.45) is 0 Å². The maximum atomic E-state index is 11.4. The lowest BCUT2D eigenvalue weighted by Crippen LogP contribution is -2.02. The zero-order valence-corrected chi connectivity index (χ0v) is 15.9. The minimum Gasteiger partial charge on any atom is -0.476 e. The molecule has 0 atom stereocenters. The normalized spacial score (nSPS) is 10.8. The molecule has 2 aromatic heterocycles. The molecule has 0 amide bonds. The van der Waals surface area contributed by atoms with Crippen LogP contribution in [0.15, 0.2) is 73.1 Å². The molecule has 5 nitrogen and oxygen atoms in total. The number of nitrogens with zero attached hydrogens (tertiary/aromatic N) is 3. The van der Waals surface area contributed by atoms with E-state index in [9.17, 15) is 9.90 Å². The van der Waals surface area contributed by atoms with E-state index in [2.05, 4.69) is 10.1 Å². The summed E-state index contributed by atoms with van der Waals surface area (Å²) >= 11 is 12.3. The van der Waals surface area contributed by atoms with E-state index >= 15 is 0 Å². The summed E-state index contributed by atoms with van der Waals surface area (Å²) in [6, 6.07) is 18.1. The highest BCUT2D eigenvalue weighted by atomic mass is 35.5. The summed E-state index contributed by atoms with van der Waals surface area (Å²) in [7, 11) is 0. The van der Waals surface area contributed by atoms with Crippen molar-refractivity contribution in [3.05, 3.63) is 88.8 Å². The summed E-state index contributed by atoms with van der Waals surface area (Å²) in [6.07, 6.45) is 3.28. The quantitative estimate of drug-likeness (QED) is 0.475. The summed E-state index contributed by atoms with van der Waals surface area (Å²) in [5.41, 5.74) is 3.90. The minimum absolute atomic E-state index is 0.0383. The van der Waals surface area contributed by atoms with Crippen molar-refractivity contribution in [2.45, 2.75) is 0 Å². The zero-order valence-electron chi connectivity index (χ0n) is 14.4. The van der Waals surface area contributed by atoms with Crippen molar-refractivity contribution in [3.8, 4) is 28.1 Å². The number of aromatic carboxylic acids is 1. The first-order chi connectivity index (χ1) is 13.5. The van der Waals surface area contributed by atoms with Crippen molar-refractivity contribution in [1.82, 2.24) is 14.8 Å². The average Bonchev–Trinajstić information content (AvgIpc) is 3.15. The van der Waals surface area contributed by atoms with Gasteiger partial charge < -0.3 is 5.11 Å². The summed E-state index contributed by atoms with van der Waals surface area (Å²) in [6.45, 7) is 0. The summed E-state index contributed by atoms with van der Waals surface area (Å²) in [5, 5.41) is 14.7. The Bertz CT molecular complexity index is 1160. The highest BCUT2D eigenvalue weighted by molar-refractivity contribution is 6.36. The number of halogens is 2. The topological polar surface area (TPSA) is 68.0 Å². The second kappa shape index (κ2) is 7.46. The number of aromatic nitrogens is 3. The smallest absolute Gasteiger partial charge is 0.356 e. The third kappa shape index (κ3) is 3.50.